The van der Waals surface area contributed by atoms with E-state index >= 15 is 0 Å². The van der Waals surface area contributed by atoms with Gasteiger partial charge in [-0.05, 0) is 36.4 Å². The van der Waals surface area contributed by atoms with E-state index in [2.05, 4.69) is 5.32 Å². The molecule has 0 aromatic heterocycles. The van der Waals surface area contributed by atoms with Crippen molar-refractivity contribution in [2.45, 2.75) is 0 Å². The Balaban J connectivity index is 2.27. The molecule has 6 heteroatoms. The Bertz CT molecular complexity index is 686. The van der Waals surface area contributed by atoms with Gasteiger partial charge in [0.05, 0.1) is 11.3 Å². The summed E-state index contributed by atoms with van der Waals surface area (Å²) in [7, 11) is 0. The van der Waals surface area contributed by atoms with E-state index in [1.165, 1.54) is 18.2 Å². The molecule has 0 spiro atoms. The van der Waals surface area contributed by atoms with Crippen molar-refractivity contribution < 1.29 is 23.5 Å². The lowest BCUT2D eigenvalue weighted by Crippen LogP contribution is -2.14. The summed E-state index contributed by atoms with van der Waals surface area (Å²) in [6.45, 7) is 0. The predicted octanol–water partition coefficient (Wildman–Crippen LogP) is 2.92. The molecule has 2 aromatic carbocycles. The summed E-state index contributed by atoms with van der Waals surface area (Å²) in [4.78, 5) is 22.6. The third-order valence-corrected chi connectivity index (χ3v) is 2.55. The highest BCUT2D eigenvalue weighted by atomic mass is 19.1. The van der Waals surface area contributed by atoms with Crippen molar-refractivity contribution in [1.29, 1.82) is 0 Å². The summed E-state index contributed by atoms with van der Waals surface area (Å²) in [5.74, 6) is -3.35. The van der Waals surface area contributed by atoms with E-state index in [1.54, 1.807) is 0 Å². The van der Waals surface area contributed by atoms with Crippen LogP contribution in [0.4, 0.5) is 14.5 Å². The second-order valence-corrected chi connectivity index (χ2v) is 3.96. The number of anilines is 1. The van der Waals surface area contributed by atoms with Crippen molar-refractivity contribution in [2.24, 2.45) is 0 Å². The standard InChI is InChI=1S/C14H9F2NO3/c15-10-3-1-2-8(6-10)13(18)17-12-7-9(14(19)20)4-5-11(12)16/h1-7H,(H,17,18)(H,19,20). The molecule has 0 unspecified atom stereocenters. The Morgan fingerprint density at radius 2 is 1.75 bits per heavy atom. The number of carboxylic acids is 1. The topological polar surface area (TPSA) is 66.4 Å². The minimum absolute atomic E-state index is 0.00475. The molecule has 0 bridgehead atoms. The molecule has 2 aromatic rings. The number of benzene rings is 2. The van der Waals surface area contributed by atoms with E-state index in [0.29, 0.717) is 0 Å². The molecule has 0 saturated heterocycles. The normalized spacial score (nSPS) is 10.1. The van der Waals surface area contributed by atoms with Crippen LogP contribution >= 0.6 is 0 Å². The van der Waals surface area contributed by atoms with Crippen LogP contribution in [0.3, 0.4) is 0 Å². The Morgan fingerprint density at radius 1 is 1.00 bits per heavy atom. The van der Waals surface area contributed by atoms with Gasteiger partial charge in [0.1, 0.15) is 11.6 Å². The van der Waals surface area contributed by atoms with Gasteiger partial charge in [0.2, 0.25) is 0 Å². The highest BCUT2D eigenvalue weighted by molar-refractivity contribution is 6.04. The number of halogens is 2. The van der Waals surface area contributed by atoms with E-state index < -0.39 is 23.5 Å². The zero-order valence-electron chi connectivity index (χ0n) is 10.1. The number of carbonyl (C=O) groups is 2. The Kier molecular flexibility index (Phi) is 3.74. The van der Waals surface area contributed by atoms with Gasteiger partial charge in [-0.15, -0.1) is 0 Å². The first-order valence-corrected chi connectivity index (χ1v) is 5.57. The average molecular weight is 277 g/mol. The highest BCUT2D eigenvalue weighted by Crippen LogP contribution is 2.17. The number of rotatable bonds is 3. The molecule has 20 heavy (non-hydrogen) atoms. The molecule has 0 saturated carbocycles. The van der Waals surface area contributed by atoms with Crippen LogP contribution in [-0.4, -0.2) is 17.0 Å². The highest BCUT2D eigenvalue weighted by Gasteiger charge is 2.12. The first kappa shape index (κ1) is 13.7. The largest absolute Gasteiger partial charge is 0.478 e. The van der Waals surface area contributed by atoms with Crippen molar-refractivity contribution in [3.63, 3.8) is 0 Å². The quantitative estimate of drug-likeness (QED) is 0.906. The van der Waals surface area contributed by atoms with Crippen LogP contribution in [0, 0.1) is 11.6 Å². The molecule has 0 fully saturated rings. The fraction of sp³-hybridized carbons (Fsp3) is 0. The summed E-state index contributed by atoms with van der Waals surface area (Å²) in [6.07, 6.45) is 0. The van der Waals surface area contributed by atoms with Gasteiger partial charge in [-0.25, -0.2) is 13.6 Å². The maximum atomic E-state index is 13.5. The molecular formula is C14H9F2NO3. The van der Waals surface area contributed by atoms with Crippen LogP contribution in [-0.2, 0) is 0 Å². The fourth-order valence-corrected chi connectivity index (χ4v) is 1.58. The molecular weight excluding hydrogens is 268 g/mol. The number of hydrogen-bond donors (Lipinski definition) is 2. The van der Waals surface area contributed by atoms with Crippen molar-refractivity contribution in [3.8, 4) is 0 Å². The molecule has 0 heterocycles. The van der Waals surface area contributed by atoms with Gasteiger partial charge in [0.15, 0.2) is 0 Å². The summed E-state index contributed by atoms with van der Waals surface area (Å²) < 4.78 is 26.5. The minimum atomic E-state index is -1.24. The Morgan fingerprint density at radius 3 is 2.40 bits per heavy atom. The number of carboxylic acid groups (broad SMARTS) is 1. The van der Waals surface area contributed by atoms with Gasteiger partial charge in [-0.3, -0.25) is 4.79 Å². The van der Waals surface area contributed by atoms with Crippen LogP contribution < -0.4 is 5.32 Å². The maximum absolute atomic E-state index is 13.5. The lowest BCUT2D eigenvalue weighted by Gasteiger charge is -2.07. The minimum Gasteiger partial charge on any atom is -0.478 e. The second-order valence-electron chi connectivity index (χ2n) is 3.96. The van der Waals surface area contributed by atoms with Crippen LogP contribution in [0.2, 0.25) is 0 Å². The zero-order chi connectivity index (χ0) is 14.7. The monoisotopic (exact) mass is 277 g/mol. The maximum Gasteiger partial charge on any atom is 0.335 e. The number of carbonyl (C=O) groups excluding carboxylic acids is 1. The lowest BCUT2D eigenvalue weighted by molar-refractivity contribution is 0.0696. The summed E-state index contributed by atoms with van der Waals surface area (Å²) >= 11 is 0. The molecule has 0 aliphatic carbocycles. The smallest absolute Gasteiger partial charge is 0.335 e. The van der Waals surface area contributed by atoms with E-state index in [9.17, 15) is 18.4 Å². The van der Waals surface area contributed by atoms with Gasteiger partial charge in [-0.1, -0.05) is 6.07 Å². The first-order valence-electron chi connectivity index (χ1n) is 5.57. The summed E-state index contributed by atoms with van der Waals surface area (Å²) in [5.41, 5.74) is -0.440. The molecule has 0 aliphatic rings. The van der Waals surface area contributed by atoms with Gasteiger partial charge in [-0.2, -0.15) is 0 Å². The molecule has 1 amide bonds. The summed E-state index contributed by atoms with van der Waals surface area (Å²) in [5, 5.41) is 11.0. The predicted molar refractivity (Wildman–Crippen MR) is 67.7 cm³/mol. The Labute approximate surface area is 112 Å². The van der Waals surface area contributed by atoms with E-state index in [4.69, 9.17) is 5.11 Å². The lowest BCUT2D eigenvalue weighted by atomic mass is 10.1. The average Bonchev–Trinajstić information content (AvgIpc) is 2.41. The fourth-order valence-electron chi connectivity index (χ4n) is 1.58. The van der Waals surface area contributed by atoms with E-state index in [0.717, 1.165) is 24.3 Å². The number of amides is 1. The van der Waals surface area contributed by atoms with Crippen molar-refractivity contribution in [1.82, 2.24) is 0 Å². The SMILES string of the molecule is O=C(O)c1ccc(F)c(NC(=O)c2cccc(F)c2)c1. The zero-order valence-corrected chi connectivity index (χ0v) is 10.1. The number of aromatic carboxylic acids is 1. The van der Waals surface area contributed by atoms with Crippen LogP contribution in [0.15, 0.2) is 42.5 Å². The van der Waals surface area contributed by atoms with Gasteiger partial charge >= 0.3 is 5.97 Å². The van der Waals surface area contributed by atoms with Crippen molar-refractivity contribution >= 4 is 17.6 Å². The third kappa shape index (κ3) is 2.97. The van der Waals surface area contributed by atoms with Crippen LogP contribution in [0.1, 0.15) is 20.7 Å². The van der Waals surface area contributed by atoms with Gasteiger partial charge < -0.3 is 10.4 Å². The molecule has 2 rings (SSSR count). The molecule has 4 nitrogen and oxygen atoms in total. The van der Waals surface area contributed by atoms with Crippen LogP contribution in [0.25, 0.3) is 0 Å². The molecule has 0 atom stereocenters. The molecule has 0 radical (unpaired) electrons. The molecule has 102 valence electrons. The van der Waals surface area contributed by atoms with E-state index in [-0.39, 0.29) is 16.8 Å². The van der Waals surface area contributed by atoms with Crippen molar-refractivity contribution in [3.05, 3.63) is 65.2 Å². The van der Waals surface area contributed by atoms with E-state index in [1.807, 2.05) is 0 Å². The number of nitrogens with one attached hydrogen (secondary N) is 1. The summed E-state index contributed by atoms with van der Waals surface area (Å²) in [6, 6.07) is 7.87. The second kappa shape index (κ2) is 5.48. The van der Waals surface area contributed by atoms with Crippen LogP contribution in [0.5, 0.6) is 0 Å². The Hall–Kier alpha value is -2.76. The molecule has 2 N–H and O–H groups in total. The third-order valence-electron chi connectivity index (χ3n) is 2.55. The van der Waals surface area contributed by atoms with Gasteiger partial charge in [0.25, 0.3) is 5.91 Å². The van der Waals surface area contributed by atoms with Crippen molar-refractivity contribution in [2.75, 3.05) is 5.32 Å². The first-order chi connectivity index (χ1) is 9.47. The number of hydrogen-bond acceptors (Lipinski definition) is 2. The molecule has 0 aliphatic heterocycles. The van der Waals surface area contributed by atoms with Gasteiger partial charge in [0, 0.05) is 5.56 Å².